The second kappa shape index (κ2) is 5.13. The first-order valence-corrected chi connectivity index (χ1v) is 6.12. The molecule has 2 aliphatic rings. The lowest BCUT2D eigenvalue weighted by Crippen LogP contribution is -2.37. The van der Waals surface area contributed by atoms with Crippen LogP contribution in [0.3, 0.4) is 0 Å². The second-order valence-corrected chi connectivity index (χ2v) is 4.96. The molecule has 2 aliphatic carbocycles. The monoisotopic (exact) mass is 197 g/mol. The van der Waals surface area contributed by atoms with Gasteiger partial charge in [0.2, 0.25) is 0 Å². The van der Waals surface area contributed by atoms with Gasteiger partial charge in [0.25, 0.3) is 0 Å². The third-order valence-corrected chi connectivity index (χ3v) is 3.68. The van der Waals surface area contributed by atoms with Gasteiger partial charge in [-0.25, -0.2) is 0 Å². The summed E-state index contributed by atoms with van der Waals surface area (Å²) >= 11 is 0. The van der Waals surface area contributed by atoms with E-state index < -0.39 is 0 Å². The summed E-state index contributed by atoms with van der Waals surface area (Å²) in [5, 5.41) is 3.70. The smallest absolute Gasteiger partial charge is 0.0618 e. The van der Waals surface area contributed by atoms with Gasteiger partial charge in [-0.1, -0.05) is 12.8 Å². The van der Waals surface area contributed by atoms with Crippen LogP contribution in [0.25, 0.3) is 0 Å². The number of ether oxygens (including phenoxy) is 1. The second-order valence-electron chi connectivity index (χ2n) is 4.96. The number of nitrogens with one attached hydrogen (secondary N) is 1. The first-order chi connectivity index (χ1) is 6.90. The van der Waals surface area contributed by atoms with E-state index in [-0.39, 0.29) is 0 Å². The van der Waals surface area contributed by atoms with Crippen LogP contribution in [0.15, 0.2) is 0 Å². The molecular formula is C12H23NO. The summed E-state index contributed by atoms with van der Waals surface area (Å²) < 4.78 is 5.26. The van der Waals surface area contributed by atoms with Gasteiger partial charge in [0.15, 0.2) is 0 Å². The van der Waals surface area contributed by atoms with Crippen molar-refractivity contribution in [3.63, 3.8) is 0 Å². The summed E-state index contributed by atoms with van der Waals surface area (Å²) in [6.07, 6.45) is 8.60. The minimum atomic E-state index is 0.639. The SMILES string of the molecule is COCC(NCC1CCCC1)C1CC1. The van der Waals surface area contributed by atoms with Gasteiger partial charge >= 0.3 is 0 Å². The van der Waals surface area contributed by atoms with Crippen molar-refractivity contribution >= 4 is 0 Å². The Balaban J connectivity index is 1.65. The van der Waals surface area contributed by atoms with E-state index in [2.05, 4.69) is 5.32 Å². The molecule has 0 aromatic heterocycles. The van der Waals surface area contributed by atoms with Crippen molar-refractivity contribution in [2.45, 2.75) is 44.6 Å². The highest BCUT2D eigenvalue weighted by Crippen LogP contribution is 2.33. The topological polar surface area (TPSA) is 21.3 Å². The van der Waals surface area contributed by atoms with Crippen LogP contribution in [0.5, 0.6) is 0 Å². The summed E-state index contributed by atoms with van der Waals surface area (Å²) in [7, 11) is 1.81. The molecule has 1 atom stereocenters. The van der Waals surface area contributed by atoms with Gasteiger partial charge in [-0.15, -0.1) is 0 Å². The van der Waals surface area contributed by atoms with Crippen molar-refractivity contribution in [3.8, 4) is 0 Å². The van der Waals surface area contributed by atoms with E-state index >= 15 is 0 Å². The molecule has 14 heavy (non-hydrogen) atoms. The van der Waals surface area contributed by atoms with Crippen molar-refractivity contribution in [2.75, 3.05) is 20.3 Å². The van der Waals surface area contributed by atoms with E-state index in [1.165, 1.54) is 45.1 Å². The van der Waals surface area contributed by atoms with Gasteiger partial charge < -0.3 is 10.1 Å². The van der Waals surface area contributed by atoms with E-state index in [1.807, 2.05) is 7.11 Å². The number of hydrogen-bond acceptors (Lipinski definition) is 2. The Morgan fingerprint density at radius 2 is 1.93 bits per heavy atom. The number of hydrogen-bond donors (Lipinski definition) is 1. The van der Waals surface area contributed by atoms with Gasteiger partial charge in [0.05, 0.1) is 6.61 Å². The molecule has 2 nitrogen and oxygen atoms in total. The summed E-state index contributed by atoms with van der Waals surface area (Å²) in [5.74, 6) is 1.87. The zero-order chi connectivity index (χ0) is 9.80. The molecule has 1 unspecified atom stereocenters. The molecule has 0 spiro atoms. The highest BCUT2D eigenvalue weighted by Gasteiger charge is 2.31. The van der Waals surface area contributed by atoms with Crippen molar-refractivity contribution in [2.24, 2.45) is 11.8 Å². The van der Waals surface area contributed by atoms with Gasteiger partial charge in [-0.3, -0.25) is 0 Å². The predicted octanol–water partition coefficient (Wildman–Crippen LogP) is 2.19. The number of methoxy groups -OCH3 is 1. The van der Waals surface area contributed by atoms with Crippen LogP contribution in [-0.4, -0.2) is 26.3 Å². The lowest BCUT2D eigenvalue weighted by atomic mass is 10.1. The molecule has 0 aromatic rings. The standard InChI is InChI=1S/C12H23NO/c1-14-9-12(11-6-7-11)13-8-10-4-2-3-5-10/h10-13H,2-9H2,1H3. The Bertz CT molecular complexity index is 162. The van der Waals surface area contributed by atoms with E-state index in [4.69, 9.17) is 4.74 Å². The molecule has 0 aromatic carbocycles. The Kier molecular flexibility index (Phi) is 3.82. The molecule has 0 radical (unpaired) electrons. The van der Waals surface area contributed by atoms with E-state index in [1.54, 1.807) is 0 Å². The molecule has 82 valence electrons. The maximum atomic E-state index is 5.26. The van der Waals surface area contributed by atoms with Gasteiger partial charge in [0.1, 0.15) is 0 Å². The Morgan fingerprint density at radius 3 is 2.50 bits per heavy atom. The van der Waals surface area contributed by atoms with Crippen LogP contribution in [0.2, 0.25) is 0 Å². The molecule has 0 bridgehead atoms. The fourth-order valence-corrected chi connectivity index (χ4v) is 2.57. The zero-order valence-electron chi connectivity index (χ0n) is 9.30. The summed E-state index contributed by atoms with van der Waals surface area (Å²) in [6.45, 7) is 2.13. The van der Waals surface area contributed by atoms with E-state index in [9.17, 15) is 0 Å². The van der Waals surface area contributed by atoms with Crippen LogP contribution < -0.4 is 5.32 Å². The maximum absolute atomic E-state index is 5.26. The Morgan fingerprint density at radius 1 is 1.21 bits per heavy atom. The zero-order valence-corrected chi connectivity index (χ0v) is 9.30. The van der Waals surface area contributed by atoms with Crippen molar-refractivity contribution in [1.29, 1.82) is 0 Å². The summed E-state index contributed by atoms with van der Waals surface area (Å²) in [5.41, 5.74) is 0. The molecule has 0 amide bonds. The molecule has 2 saturated carbocycles. The third kappa shape index (κ3) is 2.96. The predicted molar refractivity (Wildman–Crippen MR) is 58.3 cm³/mol. The normalized spacial score (nSPS) is 25.5. The van der Waals surface area contributed by atoms with Crippen LogP contribution in [-0.2, 0) is 4.74 Å². The Labute approximate surface area is 87.4 Å². The maximum Gasteiger partial charge on any atom is 0.0618 e. The lowest BCUT2D eigenvalue weighted by molar-refractivity contribution is 0.155. The molecule has 1 N–H and O–H groups in total. The third-order valence-electron chi connectivity index (χ3n) is 3.68. The molecule has 0 saturated heterocycles. The van der Waals surface area contributed by atoms with Crippen molar-refractivity contribution in [1.82, 2.24) is 5.32 Å². The molecule has 2 heteroatoms. The van der Waals surface area contributed by atoms with E-state index in [0.717, 1.165) is 18.4 Å². The van der Waals surface area contributed by atoms with Gasteiger partial charge in [0, 0.05) is 13.2 Å². The minimum Gasteiger partial charge on any atom is -0.383 e. The highest BCUT2D eigenvalue weighted by molar-refractivity contribution is 4.87. The largest absolute Gasteiger partial charge is 0.383 e. The number of rotatable bonds is 6. The van der Waals surface area contributed by atoms with Gasteiger partial charge in [-0.2, -0.15) is 0 Å². The molecule has 0 heterocycles. The van der Waals surface area contributed by atoms with Crippen LogP contribution in [0, 0.1) is 11.8 Å². The fourth-order valence-electron chi connectivity index (χ4n) is 2.57. The summed E-state index contributed by atoms with van der Waals surface area (Å²) in [4.78, 5) is 0. The molecule has 0 aliphatic heterocycles. The average Bonchev–Trinajstić information content (AvgIpc) is 2.90. The first kappa shape index (κ1) is 10.4. The fraction of sp³-hybridized carbons (Fsp3) is 1.00. The quantitative estimate of drug-likeness (QED) is 0.705. The van der Waals surface area contributed by atoms with E-state index in [0.29, 0.717) is 6.04 Å². The molecular weight excluding hydrogens is 174 g/mol. The first-order valence-electron chi connectivity index (χ1n) is 6.12. The molecule has 2 fully saturated rings. The lowest BCUT2D eigenvalue weighted by Gasteiger charge is -2.19. The van der Waals surface area contributed by atoms with Crippen LogP contribution in [0.4, 0.5) is 0 Å². The van der Waals surface area contributed by atoms with Crippen molar-refractivity contribution < 1.29 is 4.74 Å². The van der Waals surface area contributed by atoms with Crippen LogP contribution in [0.1, 0.15) is 38.5 Å². The van der Waals surface area contributed by atoms with Crippen LogP contribution >= 0.6 is 0 Å². The summed E-state index contributed by atoms with van der Waals surface area (Å²) in [6, 6.07) is 0.639. The Hall–Kier alpha value is -0.0800. The average molecular weight is 197 g/mol. The highest BCUT2D eigenvalue weighted by atomic mass is 16.5. The van der Waals surface area contributed by atoms with Gasteiger partial charge in [-0.05, 0) is 44.1 Å². The molecule has 2 rings (SSSR count). The van der Waals surface area contributed by atoms with Crippen molar-refractivity contribution in [3.05, 3.63) is 0 Å². The minimum absolute atomic E-state index is 0.639.